The van der Waals surface area contributed by atoms with Crippen molar-refractivity contribution in [1.29, 1.82) is 0 Å². The van der Waals surface area contributed by atoms with Gasteiger partial charge in [-0.15, -0.1) is 0 Å². The summed E-state index contributed by atoms with van der Waals surface area (Å²) < 4.78 is 25.0. The summed E-state index contributed by atoms with van der Waals surface area (Å²) >= 11 is 0. The highest BCUT2D eigenvalue weighted by Crippen LogP contribution is 2.56. The van der Waals surface area contributed by atoms with Crippen LogP contribution in [0.1, 0.15) is 0 Å². The lowest BCUT2D eigenvalue weighted by molar-refractivity contribution is 0.647. The van der Waals surface area contributed by atoms with Crippen molar-refractivity contribution in [2.24, 2.45) is 0 Å². The predicted molar refractivity (Wildman–Crippen MR) is 181 cm³/mol. The molecule has 44 heavy (non-hydrogen) atoms. The zero-order valence-corrected chi connectivity index (χ0v) is 23.9. The number of aromatic nitrogens is 2. The van der Waals surface area contributed by atoms with Crippen molar-refractivity contribution in [3.05, 3.63) is 115 Å². The van der Waals surface area contributed by atoms with E-state index in [1.54, 1.807) is 0 Å². The fraction of sp³-hybridized carbons (Fsp3) is 0. The van der Waals surface area contributed by atoms with Crippen LogP contribution in [-0.4, -0.2) is 8.80 Å². The first-order valence-corrected chi connectivity index (χ1v) is 16.1. The van der Waals surface area contributed by atoms with Gasteiger partial charge in [0.1, 0.15) is 22.2 Å². The third-order valence-corrected chi connectivity index (χ3v) is 12.2. The summed E-state index contributed by atoms with van der Waals surface area (Å²) in [7, 11) is -0.949. The van der Waals surface area contributed by atoms with Gasteiger partial charge in [0.15, 0.2) is 22.3 Å². The van der Waals surface area contributed by atoms with E-state index in [9.17, 15) is 0 Å². The molecule has 5 aromatic heterocycles. The second-order valence-corrected chi connectivity index (χ2v) is 13.8. The fourth-order valence-corrected chi connectivity index (χ4v) is 10.8. The highest BCUT2D eigenvalue weighted by molar-refractivity contribution is 7.63. The Hall–Kier alpha value is -5.64. The Bertz CT molecular complexity index is 3020. The average molecular weight is 583 g/mol. The standard InChI is InChI=1S/C38H19N2O3P/c1-3-8-22-18-32-26(16-20(22)6-1)39-24-10-5-11-25-36(24)44-37-30(14-12-28(41-32)34(37)39)43-31-15-13-29-35(38(31)44)40(25)27-17-21-7-2-4-9-23(21)19-33(27)42-29/h1-19H. The Kier molecular flexibility index (Phi) is 3.64. The maximum Gasteiger partial charge on any atom is 0.152 e. The zero-order valence-electron chi connectivity index (χ0n) is 23.0. The third-order valence-electron chi connectivity index (χ3n) is 9.54. The highest BCUT2D eigenvalue weighted by atomic mass is 31.1. The van der Waals surface area contributed by atoms with E-state index in [1.807, 2.05) is 0 Å². The number of hydrogen-bond acceptors (Lipinski definition) is 3. The van der Waals surface area contributed by atoms with Gasteiger partial charge in [-0.25, -0.2) is 0 Å². The Morgan fingerprint density at radius 1 is 0.364 bits per heavy atom. The van der Waals surface area contributed by atoms with Gasteiger partial charge in [0, 0.05) is 5.12 Å². The molecule has 0 spiro atoms. The van der Waals surface area contributed by atoms with Gasteiger partial charge in [-0.1, -0.05) is 61.9 Å². The molecule has 0 unspecified atom stereocenters. The Labute approximate surface area is 247 Å². The number of fused-ring (bicyclic) bond motifs is 8. The first-order chi connectivity index (χ1) is 21.8. The molecular formula is C38H19N2O3P. The molecular weight excluding hydrogens is 563 g/mol. The second-order valence-electron chi connectivity index (χ2n) is 11.8. The van der Waals surface area contributed by atoms with Crippen molar-refractivity contribution in [1.82, 2.24) is 8.80 Å². The Balaban J connectivity index is 1.46. The van der Waals surface area contributed by atoms with Gasteiger partial charge in [0.05, 0.1) is 32.3 Å². The van der Waals surface area contributed by atoms with Crippen molar-refractivity contribution in [3.8, 4) is 0 Å². The van der Waals surface area contributed by atoms with Crippen LogP contribution in [0, 0.1) is 0 Å². The van der Waals surface area contributed by atoms with Crippen molar-refractivity contribution < 1.29 is 13.3 Å². The summed E-state index contributed by atoms with van der Waals surface area (Å²) in [6.07, 6.45) is 0. The smallest absolute Gasteiger partial charge is 0.152 e. The first-order valence-electron chi connectivity index (χ1n) is 14.8. The van der Waals surface area contributed by atoms with Crippen molar-refractivity contribution in [3.63, 3.8) is 0 Å². The van der Waals surface area contributed by atoms with Crippen LogP contribution in [0.2, 0.25) is 0 Å². The molecule has 0 aliphatic heterocycles. The lowest BCUT2D eigenvalue weighted by atomic mass is 10.1. The summed E-state index contributed by atoms with van der Waals surface area (Å²) in [6, 6.07) is 40.9. The van der Waals surface area contributed by atoms with E-state index in [-0.39, 0.29) is 0 Å². The molecule has 5 heterocycles. The fourth-order valence-electron chi connectivity index (χ4n) is 7.75. The van der Waals surface area contributed by atoms with E-state index in [4.69, 9.17) is 13.3 Å². The molecule has 0 radical (unpaired) electrons. The average Bonchev–Trinajstić information content (AvgIpc) is 3.07. The molecule has 0 saturated carbocycles. The summed E-state index contributed by atoms with van der Waals surface area (Å²) in [5.74, 6) is 0. The molecule has 0 atom stereocenters. The number of benzene rings is 7. The van der Waals surface area contributed by atoms with Crippen LogP contribution in [0.5, 0.6) is 0 Å². The summed E-state index contributed by atoms with van der Waals surface area (Å²) in [5.41, 5.74) is 11.9. The molecule has 0 fully saturated rings. The Morgan fingerprint density at radius 2 is 0.795 bits per heavy atom. The lowest BCUT2D eigenvalue weighted by Crippen LogP contribution is -2.02. The van der Waals surface area contributed by atoms with Gasteiger partial charge in [-0.3, -0.25) is 0 Å². The molecule has 204 valence electrons. The topological polar surface area (TPSA) is 48.2 Å². The van der Waals surface area contributed by atoms with Crippen LogP contribution in [-0.2, 0) is 0 Å². The van der Waals surface area contributed by atoms with Crippen LogP contribution >= 0.6 is 7.34 Å². The van der Waals surface area contributed by atoms with E-state index in [1.165, 1.54) is 37.2 Å². The highest BCUT2D eigenvalue weighted by Gasteiger charge is 2.26. The van der Waals surface area contributed by atoms with Crippen molar-refractivity contribution in [2.75, 3.05) is 0 Å². The summed E-state index contributed by atoms with van der Waals surface area (Å²) in [6.45, 7) is 0. The number of nitrogens with zero attached hydrogens (tertiary/aromatic N) is 2. The SMILES string of the molecule is c1ccc2cc3c(cc2c1)oc1ccc2oc4ccc5oc6cc7ccccc7cc6n6c7cccc8c7p(c2c1n38)c4c56. The zero-order chi connectivity index (χ0) is 28.3. The molecule has 7 aromatic carbocycles. The Morgan fingerprint density at radius 3 is 1.30 bits per heavy atom. The van der Waals surface area contributed by atoms with Gasteiger partial charge < -0.3 is 22.1 Å². The minimum Gasteiger partial charge on any atom is -0.455 e. The molecule has 0 saturated heterocycles. The van der Waals surface area contributed by atoms with Crippen molar-refractivity contribution in [2.45, 2.75) is 0 Å². The maximum atomic E-state index is 6.76. The van der Waals surface area contributed by atoms with E-state index in [0.717, 1.165) is 66.3 Å². The van der Waals surface area contributed by atoms with Gasteiger partial charge >= 0.3 is 0 Å². The van der Waals surface area contributed by atoms with E-state index >= 15 is 0 Å². The van der Waals surface area contributed by atoms with Crippen LogP contribution in [0.15, 0.2) is 129 Å². The van der Waals surface area contributed by atoms with Gasteiger partial charge in [-0.05, 0) is 82.2 Å². The minimum atomic E-state index is -0.949. The van der Waals surface area contributed by atoms with Crippen LogP contribution in [0.4, 0.5) is 0 Å². The quantitative estimate of drug-likeness (QED) is 0.132. The van der Waals surface area contributed by atoms with E-state index < -0.39 is 7.34 Å². The summed E-state index contributed by atoms with van der Waals surface area (Å²) in [4.78, 5) is 0. The maximum absolute atomic E-state index is 6.76. The van der Waals surface area contributed by atoms with E-state index in [0.29, 0.717) is 0 Å². The molecule has 6 heteroatoms. The molecule has 0 aliphatic carbocycles. The third kappa shape index (κ3) is 2.44. The monoisotopic (exact) mass is 582 g/mol. The molecule has 12 rings (SSSR count). The van der Waals surface area contributed by atoms with Crippen LogP contribution in [0.3, 0.4) is 0 Å². The molecule has 0 aliphatic rings. The second kappa shape index (κ2) is 7.28. The number of rotatable bonds is 0. The minimum absolute atomic E-state index is 0.859. The van der Waals surface area contributed by atoms with E-state index in [2.05, 4.69) is 124 Å². The molecule has 0 N–H and O–H groups in total. The van der Waals surface area contributed by atoms with Crippen LogP contribution < -0.4 is 0 Å². The first kappa shape index (κ1) is 22.0. The largest absolute Gasteiger partial charge is 0.455 e. The van der Waals surface area contributed by atoms with Crippen LogP contribution in [0.25, 0.3) is 103 Å². The normalized spacial score (nSPS) is 13.0. The number of hydrogen-bond donors (Lipinski definition) is 0. The molecule has 0 bridgehead atoms. The summed E-state index contributed by atoms with van der Waals surface area (Å²) in [5, 5.41) is 8.44. The van der Waals surface area contributed by atoms with Crippen molar-refractivity contribution >= 4 is 111 Å². The molecule has 0 amide bonds. The lowest BCUT2D eigenvalue weighted by Gasteiger charge is -2.23. The van der Waals surface area contributed by atoms with Gasteiger partial charge in [0.2, 0.25) is 0 Å². The molecule has 5 nitrogen and oxygen atoms in total. The molecule has 12 aromatic rings. The predicted octanol–water partition coefficient (Wildman–Crippen LogP) is 11.6. The van der Waals surface area contributed by atoms with Gasteiger partial charge in [0.25, 0.3) is 0 Å². The van der Waals surface area contributed by atoms with Gasteiger partial charge in [-0.2, -0.15) is 0 Å².